The number of halogens is 3. The first kappa shape index (κ1) is 23.1. The molecule has 30 heavy (non-hydrogen) atoms. The van der Waals surface area contributed by atoms with E-state index in [1.807, 2.05) is 47.4 Å². The van der Waals surface area contributed by atoms with E-state index in [0.717, 1.165) is 31.0 Å². The number of carbonyl (C=O) groups excluding carboxylic acids is 1. The minimum absolute atomic E-state index is 0.0552. The number of alkyl halides is 3. The maximum atomic E-state index is 12.8. The van der Waals surface area contributed by atoms with Crippen LogP contribution >= 0.6 is 0 Å². The van der Waals surface area contributed by atoms with E-state index in [2.05, 4.69) is 10.3 Å². The van der Waals surface area contributed by atoms with Crippen molar-refractivity contribution < 1.29 is 32.6 Å². The fourth-order valence-corrected chi connectivity index (χ4v) is 2.63. The van der Waals surface area contributed by atoms with Crippen molar-refractivity contribution in [2.24, 2.45) is 0 Å². The Labute approximate surface area is 171 Å². The number of hydrogen-bond donors (Lipinski definition) is 2. The van der Waals surface area contributed by atoms with Crippen LogP contribution in [0.5, 0.6) is 0 Å². The Morgan fingerprint density at radius 2 is 1.80 bits per heavy atom. The van der Waals surface area contributed by atoms with Crippen LogP contribution in [0.1, 0.15) is 22.5 Å². The van der Waals surface area contributed by atoms with Crippen molar-refractivity contribution in [2.45, 2.75) is 19.1 Å². The molecule has 0 radical (unpaired) electrons. The molecule has 7 nitrogen and oxygen atoms in total. The second-order valence-corrected chi connectivity index (χ2v) is 6.28. The van der Waals surface area contributed by atoms with Crippen molar-refractivity contribution in [3.63, 3.8) is 0 Å². The number of carboxylic acid groups (broad SMARTS) is 1. The summed E-state index contributed by atoms with van der Waals surface area (Å²) in [6, 6.07) is 13.4. The quantitative estimate of drug-likeness (QED) is 0.782. The van der Waals surface area contributed by atoms with Gasteiger partial charge in [-0.15, -0.1) is 0 Å². The lowest BCUT2D eigenvalue weighted by Crippen LogP contribution is -2.33. The highest BCUT2D eigenvalue weighted by atomic mass is 19.4. The molecular formula is C20H22F3N3O4. The molecule has 1 amide bonds. The molecule has 1 aliphatic heterocycles. The van der Waals surface area contributed by atoms with Crippen molar-refractivity contribution in [3.05, 3.63) is 59.9 Å². The molecule has 2 heterocycles. The summed E-state index contributed by atoms with van der Waals surface area (Å²) in [5, 5.41) is 10.4. The summed E-state index contributed by atoms with van der Waals surface area (Å²) in [7, 11) is 0. The number of aromatic nitrogens is 1. The second kappa shape index (κ2) is 11.1. The Bertz CT molecular complexity index is 824. The van der Waals surface area contributed by atoms with Gasteiger partial charge < -0.3 is 20.1 Å². The molecule has 10 heteroatoms. The predicted molar refractivity (Wildman–Crippen MR) is 103 cm³/mol. The van der Waals surface area contributed by atoms with Crippen LogP contribution in [-0.4, -0.2) is 59.3 Å². The molecule has 1 saturated heterocycles. The molecule has 0 aliphatic carbocycles. The Hall–Kier alpha value is -3.14. The molecule has 0 bridgehead atoms. The average molecular weight is 425 g/mol. The standard InChI is InChI=1S/C18H21N3O2.C2HF3O2/c22-18(21-10-5-12-23-13-11-21)16-7-1-2-8-17(16)20-14-15-6-3-4-9-19-15;3-2(4,5)1(6)7/h1-4,6-9,20H,5,10-14H2;(H,6,7). The van der Waals surface area contributed by atoms with Crippen molar-refractivity contribution in [3.8, 4) is 0 Å². The number of hydrogen-bond acceptors (Lipinski definition) is 5. The van der Waals surface area contributed by atoms with E-state index >= 15 is 0 Å². The van der Waals surface area contributed by atoms with Crippen LogP contribution in [0.4, 0.5) is 18.9 Å². The molecule has 0 spiro atoms. The zero-order valence-electron chi connectivity index (χ0n) is 16.1. The van der Waals surface area contributed by atoms with Gasteiger partial charge in [0.2, 0.25) is 0 Å². The highest BCUT2D eigenvalue weighted by Crippen LogP contribution is 2.19. The van der Waals surface area contributed by atoms with E-state index in [1.54, 1.807) is 6.20 Å². The largest absolute Gasteiger partial charge is 0.490 e. The monoisotopic (exact) mass is 425 g/mol. The number of carbonyl (C=O) groups is 2. The average Bonchev–Trinajstić information content (AvgIpc) is 3.02. The summed E-state index contributed by atoms with van der Waals surface area (Å²) in [6.07, 6.45) is -2.43. The third-order valence-electron chi connectivity index (χ3n) is 4.10. The fraction of sp³-hybridized carbons (Fsp3) is 0.350. The van der Waals surface area contributed by atoms with Crippen molar-refractivity contribution in [1.82, 2.24) is 9.88 Å². The molecular weight excluding hydrogens is 403 g/mol. The lowest BCUT2D eigenvalue weighted by Gasteiger charge is -2.21. The van der Waals surface area contributed by atoms with Crippen molar-refractivity contribution in [2.75, 3.05) is 31.6 Å². The number of aliphatic carboxylic acids is 1. The van der Waals surface area contributed by atoms with Gasteiger partial charge in [-0.1, -0.05) is 18.2 Å². The second-order valence-electron chi connectivity index (χ2n) is 6.28. The van der Waals surface area contributed by atoms with Crippen LogP contribution in [0.25, 0.3) is 0 Å². The number of anilines is 1. The molecule has 0 unspecified atom stereocenters. The summed E-state index contributed by atoms with van der Waals surface area (Å²) in [6.45, 7) is 3.31. The number of amides is 1. The van der Waals surface area contributed by atoms with Gasteiger partial charge >= 0.3 is 12.1 Å². The molecule has 0 atom stereocenters. The zero-order chi connectivity index (χ0) is 22.0. The van der Waals surface area contributed by atoms with Gasteiger partial charge in [0, 0.05) is 31.6 Å². The van der Waals surface area contributed by atoms with E-state index in [9.17, 15) is 18.0 Å². The van der Waals surface area contributed by atoms with Crippen LogP contribution in [0.2, 0.25) is 0 Å². The maximum Gasteiger partial charge on any atom is 0.490 e. The van der Waals surface area contributed by atoms with Crippen LogP contribution in [0.15, 0.2) is 48.7 Å². The van der Waals surface area contributed by atoms with E-state index in [-0.39, 0.29) is 5.91 Å². The van der Waals surface area contributed by atoms with Gasteiger partial charge in [-0.3, -0.25) is 9.78 Å². The SMILES string of the molecule is O=C(O)C(F)(F)F.O=C(c1ccccc1NCc1ccccn1)N1CCCOCC1. The third-order valence-corrected chi connectivity index (χ3v) is 4.10. The van der Waals surface area contributed by atoms with Gasteiger partial charge in [-0.25, -0.2) is 4.79 Å². The normalized spacial score (nSPS) is 14.2. The smallest absolute Gasteiger partial charge is 0.475 e. The summed E-state index contributed by atoms with van der Waals surface area (Å²) in [5.41, 5.74) is 2.48. The first-order valence-electron chi connectivity index (χ1n) is 9.19. The highest BCUT2D eigenvalue weighted by molar-refractivity contribution is 5.99. The summed E-state index contributed by atoms with van der Waals surface area (Å²) in [4.78, 5) is 27.9. The maximum absolute atomic E-state index is 12.8. The number of rotatable bonds is 4. The van der Waals surface area contributed by atoms with Gasteiger partial charge in [0.1, 0.15) is 0 Å². The fourth-order valence-electron chi connectivity index (χ4n) is 2.63. The molecule has 1 aromatic carbocycles. The summed E-state index contributed by atoms with van der Waals surface area (Å²) >= 11 is 0. The first-order chi connectivity index (χ1) is 14.3. The Morgan fingerprint density at radius 3 is 2.47 bits per heavy atom. The summed E-state index contributed by atoms with van der Waals surface area (Å²) < 4.78 is 37.2. The molecule has 0 saturated carbocycles. The molecule has 1 fully saturated rings. The minimum atomic E-state index is -5.08. The Morgan fingerprint density at radius 1 is 1.10 bits per heavy atom. The number of para-hydroxylation sites is 1. The number of carboxylic acids is 1. The van der Waals surface area contributed by atoms with E-state index < -0.39 is 12.1 Å². The molecule has 3 rings (SSSR count). The zero-order valence-corrected chi connectivity index (χ0v) is 16.1. The molecule has 1 aromatic heterocycles. The van der Waals surface area contributed by atoms with Crippen LogP contribution in [-0.2, 0) is 16.1 Å². The van der Waals surface area contributed by atoms with Crippen LogP contribution in [0, 0.1) is 0 Å². The number of ether oxygens (including phenoxy) is 1. The molecule has 1 aliphatic rings. The predicted octanol–water partition coefficient (Wildman–Crippen LogP) is 3.19. The number of benzene rings is 1. The number of pyridine rings is 1. The van der Waals surface area contributed by atoms with E-state index in [1.165, 1.54) is 0 Å². The third kappa shape index (κ3) is 7.36. The summed E-state index contributed by atoms with van der Waals surface area (Å²) in [5.74, 6) is -2.70. The molecule has 162 valence electrons. The van der Waals surface area contributed by atoms with Crippen molar-refractivity contribution >= 4 is 17.6 Å². The van der Waals surface area contributed by atoms with Gasteiger partial charge in [0.05, 0.1) is 24.4 Å². The topological polar surface area (TPSA) is 91.8 Å². The highest BCUT2D eigenvalue weighted by Gasteiger charge is 2.38. The lowest BCUT2D eigenvalue weighted by molar-refractivity contribution is -0.192. The molecule has 2 N–H and O–H groups in total. The van der Waals surface area contributed by atoms with Crippen LogP contribution < -0.4 is 5.32 Å². The van der Waals surface area contributed by atoms with Gasteiger partial charge in [-0.2, -0.15) is 13.2 Å². The molecule has 2 aromatic rings. The van der Waals surface area contributed by atoms with E-state index in [0.29, 0.717) is 25.3 Å². The first-order valence-corrected chi connectivity index (χ1v) is 9.19. The van der Waals surface area contributed by atoms with Gasteiger partial charge in [0.25, 0.3) is 5.91 Å². The number of nitrogens with one attached hydrogen (secondary N) is 1. The van der Waals surface area contributed by atoms with Gasteiger partial charge in [-0.05, 0) is 30.7 Å². The minimum Gasteiger partial charge on any atom is -0.475 e. The van der Waals surface area contributed by atoms with Gasteiger partial charge in [0.15, 0.2) is 0 Å². The lowest BCUT2D eigenvalue weighted by atomic mass is 10.1. The Balaban J connectivity index is 0.000000396. The van der Waals surface area contributed by atoms with Crippen LogP contribution in [0.3, 0.4) is 0 Å². The van der Waals surface area contributed by atoms with Crippen molar-refractivity contribution in [1.29, 1.82) is 0 Å². The number of nitrogens with zero attached hydrogens (tertiary/aromatic N) is 2. The Kier molecular flexibility index (Phi) is 8.60. The van der Waals surface area contributed by atoms with E-state index in [4.69, 9.17) is 14.6 Å².